The molecule has 2 heterocycles. The van der Waals surface area contributed by atoms with Crippen molar-refractivity contribution in [3.05, 3.63) is 54.1 Å². The molecular formula is C25H35N5O2. The molecule has 1 aliphatic carbocycles. The van der Waals surface area contributed by atoms with Crippen molar-refractivity contribution in [2.45, 2.75) is 58.0 Å². The molecule has 7 nitrogen and oxygen atoms in total. The van der Waals surface area contributed by atoms with E-state index in [0.717, 1.165) is 69.3 Å². The Labute approximate surface area is 190 Å². The minimum atomic E-state index is 0.200. The van der Waals surface area contributed by atoms with E-state index in [2.05, 4.69) is 43.7 Å². The largest absolute Gasteiger partial charge is 0.489 e. The van der Waals surface area contributed by atoms with E-state index in [9.17, 15) is 4.79 Å². The molecule has 1 N–H and O–H groups in total. The number of nitrogens with one attached hydrogen (secondary N) is 1. The number of benzene rings is 1. The summed E-state index contributed by atoms with van der Waals surface area (Å²) in [6, 6.07) is 8.21. The predicted octanol–water partition coefficient (Wildman–Crippen LogP) is 3.14. The first-order chi connectivity index (χ1) is 15.7. The highest BCUT2D eigenvalue weighted by atomic mass is 16.5. The molecule has 0 radical (unpaired) electrons. The number of aromatic nitrogens is 3. The number of hydrogen-bond acceptors (Lipinski definition) is 5. The van der Waals surface area contributed by atoms with Crippen molar-refractivity contribution in [3.8, 4) is 5.75 Å². The Morgan fingerprint density at radius 3 is 2.84 bits per heavy atom. The molecular weight excluding hydrogens is 402 g/mol. The number of nitrogens with zero attached hydrogens (tertiary/aromatic N) is 4. The van der Waals surface area contributed by atoms with Crippen LogP contribution in [0, 0.1) is 5.92 Å². The van der Waals surface area contributed by atoms with Gasteiger partial charge in [-0.15, -0.1) is 10.2 Å². The smallest absolute Gasteiger partial charge is 0.223 e. The number of hydrogen-bond donors (Lipinski definition) is 1. The van der Waals surface area contributed by atoms with Crippen molar-refractivity contribution < 1.29 is 9.53 Å². The first kappa shape index (κ1) is 22.5. The molecule has 1 fully saturated rings. The normalized spacial score (nSPS) is 17.4. The molecule has 1 amide bonds. The highest BCUT2D eigenvalue weighted by Crippen LogP contribution is 2.24. The fraction of sp³-hybridized carbons (Fsp3) is 0.560. The summed E-state index contributed by atoms with van der Waals surface area (Å²) in [5.41, 5.74) is 1.19. The van der Waals surface area contributed by atoms with Crippen molar-refractivity contribution in [1.82, 2.24) is 25.0 Å². The summed E-state index contributed by atoms with van der Waals surface area (Å²) < 4.78 is 8.07. The van der Waals surface area contributed by atoms with Crippen LogP contribution in [0.25, 0.3) is 0 Å². The van der Waals surface area contributed by atoms with Gasteiger partial charge in [-0.3, -0.25) is 9.69 Å². The third kappa shape index (κ3) is 5.76. The van der Waals surface area contributed by atoms with Gasteiger partial charge in [-0.05, 0) is 18.9 Å². The summed E-state index contributed by atoms with van der Waals surface area (Å²) in [6.45, 7) is 8.46. The predicted molar refractivity (Wildman–Crippen MR) is 124 cm³/mol. The lowest BCUT2D eigenvalue weighted by Gasteiger charge is -2.21. The van der Waals surface area contributed by atoms with Gasteiger partial charge in [-0.25, -0.2) is 0 Å². The van der Waals surface area contributed by atoms with E-state index in [-0.39, 0.29) is 11.8 Å². The Morgan fingerprint density at radius 2 is 2.00 bits per heavy atom. The van der Waals surface area contributed by atoms with Crippen LogP contribution in [-0.4, -0.2) is 51.8 Å². The molecule has 0 atom stereocenters. The van der Waals surface area contributed by atoms with Crippen LogP contribution >= 0.6 is 0 Å². The highest BCUT2D eigenvalue weighted by Gasteiger charge is 2.22. The number of para-hydroxylation sites is 1. The highest BCUT2D eigenvalue weighted by molar-refractivity contribution is 5.78. The molecule has 7 heteroatoms. The molecule has 2 aromatic rings. The van der Waals surface area contributed by atoms with Gasteiger partial charge in [0, 0.05) is 57.0 Å². The summed E-state index contributed by atoms with van der Waals surface area (Å²) in [4.78, 5) is 14.8. The van der Waals surface area contributed by atoms with Gasteiger partial charge in [0.05, 0.1) is 0 Å². The lowest BCUT2D eigenvalue weighted by atomic mass is 9.89. The maximum absolute atomic E-state index is 12.4. The van der Waals surface area contributed by atoms with Gasteiger partial charge >= 0.3 is 0 Å². The average Bonchev–Trinajstić information content (AvgIpc) is 3.10. The van der Waals surface area contributed by atoms with E-state index >= 15 is 0 Å². The minimum absolute atomic E-state index is 0.200. The van der Waals surface area contributed by atoms with Crippen LogP contribution in [0.1, 0.15) is 49.3 Å². The number of fused-ring (bicyclic) bond motifs is 1. The van der Waals surface area contributed by atoms with E-state index < -0.39 is 0 Å². The van der Waals surface area contributed by atoms with Gasteiger partial charge in [0.25, 0.3) is 0 Å². The van der Waals surface area contributed by atoms with Gasteiger partial charge in [0.1, 0.15) is 24.0 Å². The molecule has 0 unspecified atom stereocenters. The number of carbonyl (C=O) groups is 1. The van der Waals surface area contributed by atoms with Gasteiger partial charge in [0.2, 0.25) is 5.91 Å². The van der Waals surface area contributed by atoms with Crippen molar-refractivity contribution in [3.63, 3.8) is 0 Å². The van der Waals surface area contributed by atoms with Crippen LogP contribution in [0.3, 0.4) is 0 Å². The van der Waals surface area contributed by atoms with Crippen LogP contribution in [0.4, 0.5) is 0 Å². The second-order valence-corrected chi connectivity index (χ2v) is 8.79. The number of rotatable bonds is 9. The van der Waals surface area contributed by atoms with Crippen LogP contribution in [0.5, 0.6) is 5.75 Å². The van der Waals surface area contributed by atoms with E-state index in [1.54, 1.807) is 6.08 Å². The molecule has 1 saturated carbocycles. The Kier molecular flexibility index (Phi) is 7.93. The van der Waals surface area contributed by atoms with Crippen LogP contribution in [0.2, 0.25) is 0 Å². The quantitative estimate of drug-likeness (QED) is 0.610. The van der Waals surface area contributed by atoms with Crippen LogP contribution in [-0.2, 0) is 30.7 Å². The van der Waals surface area contributed by atoms with Crippen LogP contribution < -0.4 is 10.1 Å². The summed E-state index contributed by atoms with van der Waals surface area (Å²) in [7, 11) is 0. The molecule has 4 rings (SSSR count). The fourth-order valence-electron chi connectivity index (χ4n) is 4.74. The van der Waals surface area contributed by atoms with E-state index in [1.807, 2.05) is 12.1 Å². The van der Waals surface area contributed by atoms with Crippen molar-refractivity contribution in [2.24, 2.45) is 5.92 Å². The SMILES string of the molecule is C=CCOc1ccccc1CN1CCc2nnc(CCNC(=O)C3CCCCC3)n2CC1. The molecule has 0 bridgehead atoms. The zero-order chi connectivity index (χ0) is 22.2. The van der Waals surface area contributed by atoms with E-state index in [1.165, 1.54) is 24.8 Å². The first-order valence-electron chi connectivity index (χ1n) is 12.0. The monoisotopic (exact) mass is 437 g/mol. The Morgan fingerprint density at radius 1 is 1.16 bits per heavy atom. The van der Waals surface area contributed by atoms with Gasteiger partial charge in [-0.1, -0.05) is 50.1 Å². The number of ether oxygens (including phenoxy) is 1. The first-order valence-corrected chi connectivity index (χ1v) is 12.0. The Balaban J connectivity index is 1.30. The molecule has 0 saturated heterocycles. The molecule has 2 aliphatic rings. The Bertz CT molecular complexity index is 903. The summed E-state index contributed by atoms with van der Waals surface area (Å²) in [5, 5.41) is 12.0. The second kappa shape index (κ2) is 11.3. The maximum atomic E-state index is 12.4. The molecule has 0 spiro atoms. The summed E-state index contributed by atoms with van der Waals surface area (Å²) >= 11 is 0. The number of carbonyl (C=O) groups excluding carboxylic acids is 1. The zero-order valence-corrected chi connectivity index (χ0v) is 19.0. The van der Waals surface area contributed by atoms with E-state index in [4.69, 9.17) is 4.74 Å². The van der Waals surface area contributed by atoms with Crippen LogP contribution in [0.15, 0.2) is 36.9 Å². The summed E-state index contributed by atoms with van der Waals surface area (Å²) in [6.07, 6.45) is 9.05. The molecule has 1 aromatic carbocycles. The van der Waals surface area contributed by atoms with Crippen molar-refractivity contribution in [1.29, 1.82) is 0 Å². The average molecular weight is 438 g/mol. The second-order valence-electron chi connectivity index (χ2n) is 8.79. The van der Waals surface area contributed by atoms with Crippen molar-refractivity contribution >= 4 is 5.91 Å². The molecule has 1 aliphatic heterocycles. The third-order valence-corrected chi connectivity index (χ3v) is 6.54. The fourth-order valence-corrected chi connectivity index (χ4v) is 4.74. The van der Waals surface area contributed by atoms with E-state index in [0.29, 0.717) is 13.2 Å². The molecule has 1 aromatic heterocycles. The lowest BCUT2D eigenvalue weighted by Crippen LogP contribution is -2.33. The van der Waals surface area contributed by atoms with Crippen molar-refractivity contribution in [2.75, 3.05) is 26.2 Å². The topological polar surface area (TPSA) is 72.3 Å². The third-order valence-electron chi connectivity index (χ3n) is 6.54. The minimum Gasteiger partial charge on any atom is -0.489 e. The Hall–Kier alpha value is -2.67. The standard InChI is InChI=1S/C25H35N5O2/c1-2-18-32-22-11-7-6-10-21(22)19-29-15-13-24-28-27-23(30(24)17-16-29)12-14-26-25(31)20-8-4-3-5-9-20/h2,6-7,10-11,20H,1,3-5,8-9,12-19H2,(H,26,31). The summed E-state index contributed by atoms with van der Waals surface area (Å²) in [5.74, 6) is 3.35. The molecule has 32 heavy (non-hydrogen) atoms. The number of amides is 1. The lowest BCUT2D eigenvalue weighted by molar-refractivity contribution is -0.125. The zero-order valence-electron chi connectivity index (χ0n) is 19.0. The molecule has 172 valence electrons. The van der Waals surface area contributed by atoms with Gasteiger partial charge in [0.15, 0.2) is 0 Å². The van der Waals surface area contributed by atoms with Gasteiger partial charge < -0.3 is 14.6 Å². The van der Waals surface area contributed by atoms with Gasteiger partial charge in [-0.2, -0.15) is 0 Å². The maximum Gasteiger partial charge on any atom is 0.223 e.